The first kappa shape index (κ1) is 13.9. The molecule has 0 aromatic carbocycles. The van der Waals surface area contributed by atoms with Crippen LogP contribution in [0.15, 0.2) is 0 Å². The fourth-order valence-corrected chi connectivity index (χ4v) is 1.42. The molecule has 0 aromatic rings. The second-order valence-electron chi connectivity index (χ2n) is 4.52. The fraction of sp³-hybridized carbons (Fsp3) is 1.00. The van der Waals surface area contributed by atoms with Crippen LogP contribution >= 0.6 is 0 Å². The molecule has 0 spiro atoms. The summed E-state index contributed by atoms with van der Waals surface area (Å²) in [6, 6.07) is 0.570. The third kappa shape index (κ3) is 4.40. The Morgan fingerprint density at radius 3 is 2.14 bits per heavy atom. The molecule has 0 rings (SSSR count). The lowest BCUT2D eigenvalue weighted by atomic mass is 9.96. The minimum atomic E-state index is -0.373. The van der Waals surface area contributed by atoms with Crippen LogP contribution in [0.4, 0.5) is 0 Å². The minimum Gasteiger partial charge on any atom is -0.378 e. The van der Waals surface area contributed by atoms with Crippen LogP contribution in [0.1, 0.15) is 40.5 Å². The lowest BCUT2D eigenvalue weighted by Crippen LogP contribution is -2.40. The standard InChI is InChI=1S/C11H26N2O/c1-6-10(12)9(4)7-11(14)13(5)8(2)3/h8-11,14H,6-7,12H2,1-5H3. The normalized spacial score (nSPS) is 18.6. The number of rotatable bonds is 6. The van der Waals surface area contributed by atoms with Gasteiger partial charge in [-0.2, -0.15) is 0 Å². The van der Waals surface area contributed by atoms with Gasteiger partial charge in [-0.05, 0) is 39.7 Å². The molecule has 0 heterocycles. The number of nitrogens with two attached hydrogens (primary N) is 1. The first-order valence-electron chi connectivity index (χ1n) is 5.55. The van der Waals surface area contributed by atoms with Crippen LogP contribution in [0.3, 0.4) is 0 Å². The van der Waals surface area contributed by atoms with E-state index in [1.165, 1.54) is 0 Å². The van der Waals surface area contributed by atoms with Crippen LogP contribution < -0.4 is 5.73 Å². The van der Waals surface area contributed by atoms with Crippen molar-refractivity contribution < 1.29 is 5.11 Å². The number of hydrogen-bond donors (Lipinski definition) is 2. The molecule has 0 saturated carbocycles. The Balaban J connectivity index is 3.98. The van der Waals surface area contributed by atoms with Crippen molar-refractivity contribution in [3.8, 4) is 0 Å². The van der Waals surface area contributed by atoms with Gasteiger partial charge in [-0.15, -0.1) is 0 Å². The lowest BCUT2D eigenvalue weighted by molar-refractivity contribution is -0.0151. The summed E-state index contributed by atoms with van der Waals surface area (Å²) in [5.41, 5.74) is 5.91. The van der Waals surface area contributed by atoms with E-state index in [1.54, 1.807) is 0 Å². The molecule has 3 nitrogen and oxygen atoms in total. The van der Waals surface area contributed by atoms with Gasteiger partial charge in [-0.25, -0.2) is 0 Å². The van der Waals surface area contributed by atoms with E-state index in [9.17, 15) is 5.11 Å². The molecular weight excluding hydrogens is 176 g/mol. The van der Waals surface area contributed by atoms with Crippen molar-refractivity contribution in [1.82, 2.24) is 4.90 Å². The van der Waals surface area contributed by atoms with Gasteiger partial charge in [0.1, 0.15) is 6.23 Å². The molecule has 0 aliphatic carbocycles. The van der Waals surface area contributed by atoms with Crippen LogP contribution in [-0.2, 0) is 0 Å². The average molecular weight is 202 g/mol. The smallest absolute Gasteiger partial charge is 0.107 e. The largest absolute Gasteiger partial charge is 0.378 e. The summed E-state index contributed by atoms with van der Waals surface area (Å²) >= 11 is 0. The van der Waals surface area contributed by atoms with Gasteiger partial charge in [0.2, 0.25) is 0 Å². The van der Waals surface area contributed by atoms with E-state index >= 15 is 0 Å². The van der Waals surface area contributed by atoms with Crippen molar-refractivity contribution in [3.63, 3.8) is 0 Å². The van der Waals surface area contributed by atoms with Crippen LogP contribution in [0.5, 0.6) is 0 Å². The Bertz CT molecular complexity index is 150. The Hall–Kier alpha value is -0.120. The number of aliphatic hydroxyl groups excluding tert-OH is 1. The van der Waals surface area contributed by atoms with Crippen molar-refractivity contribution in [2.75, 3.05) is 7.05 Å². The first-order valence-corrected chi connectivity index (χ1v) is 5.55. The monoisotopic (exact) mass is 202 g/mol. The molecule has 14 heavy (non-hydrogen) atoms. The van der Waals surface area contributed by atoms with Gasteiger partial charge in [0.05, 0.1) is 0 Å². The Kier molecular flexibility index (Phi) is 6.33. The summed E-state index contributed by atoms with van der Waals surface area (Å²) < 4.78 is 0. The molecule has 0 fully saturated rings. The zero-order chi connectivity index (χ0) is 11.3. The first-order chi connectivity index (χ1) is 6.40. The topological polar surface area (TPSA) is 49.5 Å². The van der Waals surface area contributed by atoms with E-state index in [2.05, 4.69) is 27.7 Å². The molecule has 0 aliphatic heterocycles. The van der Waals surface area contributed by atoms with Gasteiger partial charge in [-0.1, -0.05) is 13.8 Å². The van der Waals surface area contributed by atoms with Gasteiger partial charge >= 0.3 is 0 Å². The van der Waals surface area contributed by atoms with Crippen LogP contribution in [0.2, 0.25) is 0 Å². The Morgan fingerprint density at radius 2 is 1.79 bits per heavy atom. The van der Waals surface area contributed by atoms with Gasteiger partial charge in [0, 0.05) is 12.1 Å². The zero-order valence-electron chi connectivity index (χ0n) is 10.2. The number of aliphatic hydroxyl groups is 1. The molecule has 3 unspecified atom stereocenters. The van der Waals surface area contributed by atoms with Gasteiger partial charge < -0.3 is 10.8 Å². The minimum absolute atomic E-state index is 0.199. The molecular formula is C11H26N2O. The van der Waals surface area contributed by atoms with Gasteiger partial charge in [0.15, 0.2) is 0 Å². The van der Waals surface area contributed by atoms with Crippen LogP contribution in [0.25, 0.3) is 0 Å². The van der Waals surface area contributed by atoms with E-state index in [-0.39, 0.29) is 12.3 Å². The van der Waals surface area contributed by atoms with Crippen molar-refractivity contribution >= 4 is 0 Å². The van der Waals surface area contributed by atoms with E-state index in [0.717, 1.165) is 12.8 Å². The maximum absolute atomic E-state index is 9.87. The molecule has 3 heteroatoms. The summed E-state index contributed by atoms with van der Waals surface area (Å²) in [7, 11) is 1.94. The second-order valence-corrected chi connectivity index (χ2v) is 4.52. The highest BCUT2D eigenvalue weighted by molar-refractivity contribution is 4.72. The summed E-state index contributed by atoms with van der Waals surface area (Å²) in [5.74, 6) is 0.371. The van der Waals surface area contributed by atoms with Gasteiger partial charge in [-0.3, -0.25) is 4.90 Å². The molecule has 3 N–H and O–H groups in total. The third-order valence-electron chi connectivity index (χ3n) is 3.07. The molecule has 3 atom stereocenters. The van der Waals surface area contributed by atoms with Crippen molar-refractivity contribution in [3.05, 3.63) is 0 Å². The predicted molar refractivity (Wildman–Crippen MR) is 61.0 cm³/mol. The Morgan fingerprint density at radius 1 is 1.29 bits per heavy atom. The highest BCUT2D eigenvalue weighted by Gasteiger charge is 2.19. The molecule has 0 bridgehead atoms. The van der Waals surface area contributed by atoms with E-state index in [0.29, 0.717) is 12.0 Å². The molecule has 0 aromatic heterocycles. The average Bonchev–Trinajstić information content (AvgIpc) is 2.14. The molecule has 0 amide bonds. The SMILES string of the molecule is CCC(N)C(C)CC(O)N(C)C(C)C. The summed E-state index contributed by atoms with van der Waals surface area (Å²) in [6.45, 7) is 8.34. The predicted octanol–water partition coefficient (Wildman–Crippen LogP) is 1.41. The molecule has 86 valence electrons. The maximum Gasteiger partial charge on any atom is 0.107 e. The zero-order valence-corrected chi connectivity index (χ0v) is 10.2. The quantitative estimate of drug-likeness (QED) is 0.640. The van der Waals surface area contributed by atoms with Crippen molar-refractivity contribution in [2.24, 2.45) is 11.7 Å². The summed E-state index contributed by atoms with van der Waals surface area (Å²) in [4.78, 5) is 1.97. The molecule has 0 saturated heterocycles. The maximum atomic E-state index is 9.87. The van der Waals surface area contributed by atoms with Crippen LogP contribution in [-0.4, -0.2) is 35.4 Å². The van der Waals surface area contributed by atoms with Crippen molar-refractivity contribution in [1.29, 1.82) is 0 Å². The van der Waals surface area contributed by atoms with E-state index in [4.69, 9.17) is 5.73 Å². The molecule has 0 radical (unpaired) electrons. The summed E-state index contributed by atoms with van der Waals surface area (Å²) in [6.07, 6.45) is 1.35. The fourth-order valence-electron chi connectivity index (χ4n) is 1.42. The summed E-state index contributed by atoms with van der Waals surface area (Å²) in [5, 5.41) is 9.87. The van der Waals surface area contributed by atoms with Crippen molar-refractivity contribution in [2.45, 2.75) is 58.8 Å². The third-order valence-corrected chi connectivity index (χ3v) is 3.07. The van der Waals surface area contributed by atoms with E-state index < -0.39 is 0 Å². The van der Waals surface area contributed by atoms with Crippen LogP contribution in [0, 0.1) is 5.92 Å². The lowest BCUT2D eigenvalue weighted by Gasteiger charge is -2.30. The highest BCUT2D eigenvalue weighted by Crippen LogP contribution is 2.14. The second kappa shape index (κ2) is 6.38. The number of nitrogens with zero attached hydrogens (tertiary/aromatic N) is 1. The highest BCUT2D eigenvalue weighted by atomic mass is 16.3. The number of hydrogen-bond acceptors (Lipinski definition) is 3. The Labute approximate surface area is 88.3 Å². The van der Waals surface area contributed by atoms with Gasteiger partial charge in [0.25, 0.3) is 0 Å². The van der Waals surface area contributed by atoms with E-state index in [1.807, 2.05) is 11.9 Å². The molecule has 0 aliphatic rings.